The average Bonchev–Trinajstić information content (AvgIpc) is 3.26. The minimum Gasteiger partial charge on any atom is -0.455 e. The van der Waals surface area contributed by atoms with E-state index in [2.05, 4.69) is 53.1 Å². The highest BCUT2D eigenvalue weighted by Crippen LogP contribution is 2.45. The molecule has 0 atom stereocenters. The Hall–Kier alpha value is -3.46. The van der Waals surface area contributed by atoms with Gasteiger partial charge in [-0.05, 0) is 73.3 Å². The molecule has 0 aliphatic heterocycles. The molecule has 0 spiro atoms. The van der Waals surface area contributed by atoms with Crippen molar-refractivity contribution >= 4 is 21.9 Å². The highest BCUT2D eigenvalue weighted by Gasteiger charge is 2.28. The van der Waals surface area contributed by atoms with Crippen molar-refractivity contribution in [3.05, 3.63) is 102 Å². The molecule has 1 fully saturated rings. The van der Waals surface area contributed by atoms with E-state index in [1.165, 1.54) is 24.0 Å². The van der Waals surface area contributed by atoms with Crippen LogP contribution in [-0.4, -0.2) is 0 Å². The number of aromatic nitrogens is 1. The summed E-state index contributed by atoms with van der Waals surface area (Å²) >= 11 is 0. The van der Waals surface area contributed by atoms with E-state index >= 15 is 4.39 Å². The van der Waals surface area contributed by atoms with Gasteiger partial charge in [-0.2, -0.15) is 0 Å². The number of hydrogen-bond acceptors (Lipinski definition) is 1. The first-order chi connectivity index (χ1) is 16.6. The molecule has 1 saturated carbocycles. The average molecular weight is 451 g/mol. The van der Waals surface area contributed by atoms with Crippen LogP contribution < -0.4 is 4.57 Å². The normalized spacial score (nSPS) is 18.6. The van der Waals surface area contributed by atoms with Gasteiger partial charge in [0.05, 0.1) is 10.9 Å². The number of nitrogens with zero attached hydrogens (tertiary/aromatic N) is 1. The van der Waals surface area contributed by atoms with Crippen LogP contribution in [0.4, 0.5) is 4.39 Å². The summed E-state index contributed by atoms with van der Waals surface area (Å²) in [5, 5.41) is 1.48. The fraction of sp³-hybridized carbons (Fsp3) is 0.258. The van der Waals surface area contributed by atoms with Gasteiger partial charge in [-0.15, -0.1) is 0 Å². The molecule has 5 aromatic rings. The molecule has 0 radical (unpaired) electrons. The number of para-hydroxylation sites is 1. The van der Waals surface area contributed by atoms with Crippen LogP contribution in [0.2, 0.25) is 0 Å². The molecule has 2 heterocycles. The number of benzene rings is 3. The van der Waals surface area contributed by atoms with Crippen LogP contribution in [0.15, 0.2) is 83.4 Å². The number of fused-ring (bicyclic) bond motifs is 3. The lowest BCUT2D eigenvalue weighted by Crippen LogP contribution is -2.30. The van der Waals surface area contributed by atoms with E-state index < -0.39 is 0 Å². The first-order valence-electron chi connectivity index (χ1n) is 12.3. The molecule has 170 valence electrons. The Labute approximate surface area is 199 Å². The predicted octanol–water partition coefficient (Wildman–Crippen LogP) is 7.97. The Kier molecular flexibility index (Phi) is 5.21. The summed E-state index contributed by atoms with van der Waals surface area (Å²) in [7, 11) is 2.02. The van der Waals surface area contributed by atoms with Gasteiger partial charge in [-0.1, -0.05) is 48.5 Å². The highest BCUT2D eigenvalue weighted by molar-refractivity contribution is 6.10. The van der Waals surface area contributed by atoms with Crippen molar-refractivity contribution in [3.63, 3.8) is 0 Å². The van der Waals surface area contributed by atoms with Crippen molar-refractivity contribution in [2.75, 3.05) is 0 Å². The van der Waals surface area contributed by atoms with Crippen LogP contribution in [0.1, 0.15) is 54.2 Å². The lowest BCUT2D eigenvalue weighted by atomic mass is 9.76. The van der Waals surface area contributed by atoms with Crippen molar-refractivity contribution in [1.29, 1.82) is 0 Å². The zero-order valence-corrected chi connectivity index (χ0v) is 19.7. The van der Waals surface area contributed by atoms with E-state index in [1.54, 1.807) is 6.07 Å². The van der Waals surface area contributed by atoms with Crippen LogP contribution in [0.25, 0.3) is 33.2 Å². The molecule has 0 N–H and O–H groups in total. The maximum absolute atomic E-state index is 15.4. The van der Waals surface area contributed by atoms with Crippen LogP contribution in [0, 0.1) is 12.7 Å². The summed E-state index contributed by atoms with van der Waals surface area (Å²) in [6, 6.07) is 24.9. The number of furan rings is 1. The first-order valence-corrected chi connectivity index (χ1v) is 12.3. The second-order valence-electron chi connectivity index (χ2n) is 9.74. The summed E-state index contributed by atoms with van der Waals surface area (Å²) in [6.45, 7) is 1.96. The number of aryl methyl sites for hydroxylation is 2. The van der Waals surface area contributed by atoms with Gasteiger partial charge in [0, 0.05) is 17.5 Å². The van der Waals surface area contributed by atoms with Crippen molar-refractivity contribution in [2.24, 2.45) is 7.05 Å². The Bertz CT molecular complexity index is 1490. The lowest BCUT2D eigenvalue weighted by Gasteiger charge is -2.29. The van der Waals surface area contributed by atoms with E-state index in [0.717, 1.165) is 40.6 Å². The maximum Gasteiger partial charge on any atom is 0.216 e. The molecule has 6 rings (SSSR count). The van der Waals surface area contributed by atoms with Crippen LogP contribution >= 0.6 is 0 Å². The van der Waals surface area contributed by atoms with Crippen molar-refractivity contribution in [2.45, 2.75) is 44.4 Å². The molecule has 0 amide bonds. The zero-order valence-electron chi connectivity index (χ0n) is 19.7. The van der Waals surface area contributed by atoms with Gasteiger partial charge in [-0.25, -0.2) is 8.96 Å². The fourth-order valence-electron chi connectivity index (χ4n) is 5.95. The minimum absolute atomic E-state index is 0.210. The van der Waals surface area contributed by atoms with E-state index in [1.807, 2.05) is 38.4 Å². The van der Waals surface area contributed by atoms with Crippen molar-refractivity contribution in [3.8, 4) is 11.3 Å². The van der Waals surface area contributed by atoms with E-state index in [0.29, 0.717) is 22.8 Å². The summed E-state index contributed by atoms with van der Waals surface area (Å²) in [6.07, 6.45) is 6.60. The quantitative estimate of drug-likeness (QED) is 0.255. The van der Waals surface area contributed by atoms with Gasteiger partial charge in [0.1, 0.15) is 18.4 Å². The summed E-state index contributed by atoms with van der Waals surface area (Å²) in [5.41, 5.74) is 7.05. The van der Waals surface area contributed by atoms with Gasteiger partial charge in [0.15, 0.2) is 11.8 Å². The van der Waals surface area contributed by atoms with Gasteiger partial charge in [-0.3, -0.25) is 0 Å². The van der Waals surface area contributed by atoms with Crippen LogP contribution in [-0.2, 0) is 7.05 Å². The topological polar surface area (TPSA) is 17.0 Å². The van der Waals surface area contributed by atoms with E-state index in [-0.39, 0.29) is 5.82 Å². The first kappa shape index (κ1) is 21.1. The zero-order chi connectivity index (χ0) is 23.2. The van der Waals surface area contributed by atoms with E-state index in [4.69, 9.17) is 4.42 Å². The molecule has 0 unspecified atom stereocenters. The Morgan fingerprint density at radius 3 is 2.32 bits per heavy atom. The van der Waals surface area contributed by atoms with Gasteiger partial charge in [0.25, 0.3) is 0 Å². The third kappa shape index (κ3) is 3.42. The van der Waals surface area contributed by atoms with Gasteiger partial charge < -0.3 is 4.42 Å². The standard InChI is InChI=1S/C31H29FNO/c1-20-19-26(32)29-25-12-8-11-24(23-16-14-22(15-17-23)21-9-4-3-5-10-21)30(25)34-31(29)28(20)27-13-6-7-18-33(27)2/h3-13,18-19,22-23H,14-17H2,1-2H3/q+1. The molecule has 2 nitrogen and oxygen atoms in total. The predicted molar refractivity (Wildman–Crippen MR) is 135 cm³/mol. The lowest BCUT2D eigenvalue weighted by molar-refractivity contribution is -0.660. The smallest absolute Gasteiger partial charge is 0.216 e. The van der Waals surface area contributed by atoms with Crippen LogP contribution in [0.5, 0.6) is 0 Å². The van der Waals surface area contributed by atoms with Crippen molar-refractivity contribution in [1.82, 2.24) is 0 Å². The van der Waals surface area contributed by atoms with Gasteiger partial charge in [0.2, 0.25) is 5.69 Å². The van der Waals surface area contributed by atoms with Crippen molar-refractivity contribution < 1.29 is 13.4 Å². The largest absolute Gasteiger partial charge is 0.455 e. The highest BCUT2D eigenvalue weighted by atomic mass is 19.1. The molecule has 0 saturated heterocycles. The maximum atomic E-state index is 15.4. The third-order valence-corrected chi connectivity index (χ3v) is 7.70. The second kappa shape index (κ2) is 8.39. The molecule has 34 heavy (non-hydrogen) atoms. The summed E-state index contributed by atoms with van der Waals surface area (Å²) in [4.78, 5) is 0. The molecule has 1 aliphatic carbocycles. The molecular weight excluding hydrogens is 421 g/mol. The number of pyridine rings is 1. The Balaban J connectivity index is 1.46. The fourth-order valence-corrected chi connectivity index (χ4v) is 5.95. The van der Waals surface area contributed by atoms with Crippen LogP contribution in [0.3, 0.4) is 0 Å². The molecular formula is C31H29FNO+. The minimum atomic E-state index is -0.210. The molecule has 2 aromatic heterocycles. The Morgan fingerprint density at radius 2 is 1.56 bits per heavy atom. The SMILES string of the molecule is Cc1cc(F)c2c(oc3c(C4CCC(c5ccccc5)CC4)cccc32)c1-c1cccc[n+]1C. The van der Waals surface area contributed by atoms with Gasteiger partial charge >= 0.3 is 0 Å². The second-order valence-corrected chi connectivity index (χ2v) is 9.74. The Morgan fingerprint density at radius 1 is 0.824 bits per heavy atom. The monoisotopic (exact) mass is 450 g/mol. The summed E-state index contributed by atoms with van der Waals surface area (Å²) in [5.74, 6) is 0.847. The molecule has 3 aromatic carbocycles. The third-order valence-electron chi connectivity index (χ3n) is 7.70. The molecule has 0 bridgehead atoms. The molecule has 3 heteroatoms. The van der Waals surface area contributed by atoms with E-state index in [9.17, 15) is 0 Å². The number of halogens is 1. The number of rotatable bonds is 3. The summed E-state index contributed by atoms with van der Waals surface area (Å²) < 4.78 is 24.0. The number of hydrogen-bond donors (Lipinski definition) is 0. The molecule has 1 aliphatic rings.